The number of hydrogen-bond donors (Lipinski definition) is 2. The SMILES string of the molecule is C=CCOC(=O)NCC/C(=C/CCC)c1cc(O)ccc1C. The van der Waals surface area contributed by atoms with Crippen molar-refractivity contribution in [3.05, 3.63) is 48.1 Å². The zero-order chi connectivity index (χ0) is 16.4. The molecule has 1 rings (SSSR count). The van der Waals surface area contributed by atoms with Crippen LogP contribution in [0, 0.1) is 6.92 Å². The molecule has 4 heteroatoms. The molecule has 0 aliphatic heterocycles. The van der Waals surface area contributed by atoms with Gasteiger partial charge in [-0.15, -0.1) is 0 Å². The van der Waals surface area contributed by atoms with Crippen LogP contribution in [0.5, 0.6) is 5.75 Å². The topological polar surface area (TPSA) is 58.6 Å². The fourth-order valence-corrected chi connectivity index (χ4v) is 2.11. The molecular weight excluding hydrogens is 278 g/mol. The number of nitrogens with one attached hydrogen (secondary N) is 1. The number of allylic oxidation sites excluding steroid dienone is 1. The third kappa shape index (κ3) is 6.04. The van der Waals surface area contributed by atoms with Crippen LogP contribution in [0.25, 0.3) is 5.57 Å². The molecule has 1 amide bonds. The van der Waals surface area contributed by atoms with Crippen LogP contribution >= 0.6 is 0 Å². The van der Waals surface area contributed by atoms with Gasteiger partial charge in [0.25, 0.3) is 0 Å². The Bertz CT molecular complexity index is 535. The molecule has 0 bridgehead atoms. The Kier molecular flexibility index (Phi) is 7.83. The second-order valence-corrected chi connectivity index (χ2v) is 5.08. The van der Waals surface area contributed by atoms with E-state index in [-0.39, 0.29) is 12.4 Å². The number of carbonyl (C=O) groups is 1. The molecule has 4 nitrogen and oxygen atoms in total. The molecule has 0 spiro atoms. The van der Waals surface area contributed by atoms with Crippen molar-refractivity contribution in [3.8, 4) is 5.75 Å². The number of aromatic hydroxyl groups is 1. The predicted molar refractivity (Wildman–Crippen MR) is 89.9 cm³/mol. The highest BCUT2D eigenvalue weighted by atomic mass is 16.5. The summed E-state index contributed by atoms with van der Waals surface area (Å²) in [7, 11) is 0. The van der Waals surface area contributed by atoms with Crippen LogP contribution in [0.3, 0.4) is 0 Å². The zero-order valence-corrected chi connectivity index (χ0v) is 13.4. The first-order valence-electron chi connectivity index (χ1n) is 7.59. The second-order valence-electron chi connectivity index (χ2n) is 5.08. The van der Waals surface area contributed by atoms with Crippen LogP contribution in [-0.2, 0) is 4.74 Å². The summed E-state index contributed by atoms with van der Waals surface area (Å²) >= 11 is 0. The third-order valence-corrected chi connectivity index (χ3v) is 3.24. The van der Waals surface area contributed by atoms with Crippen molar-refractivity contribution in [1.29, 1.82) is 0 Å². The lowest BCUT2D eigenvalue weighted by molar-refractivity contribution is 0.158. The Morgan fingerprint density at radius 3 is 2.91 bits per heavy atom. The van der Waals surface area contributed by atoms with Gasteiger partial charge in [-0.3, -0.25) is 0 Å². The van der Waals surface area contributed by atoms with E-state index in [1.165, 1.54) is 6.08 Å². The minimum absolute atomic E-state index is 0.204. The molecule has 0 atom stereocenters. The minimum atomic E-state index is -0.442. The van der Waals surface area contributed by atoms with E-state index in [1.807, 2.05) is 13.0 Å². The molecule has 0 saturated heterocycles. The summed E-state index contributed by atoms with van der Waals surface area (Å²) in [6.07, 6.45) is 5.96. The van der Waals surface area contributed by atoms with E-state index < -0.39 is 6.09 Å². The fourth-order valence-electron chi connectivity index (χ4n) is 2.11. The van der Waals surface area contributed by atoms with Crippen molar-refractivity contribution < 1.29 is 14.6 Å². The first kappa shape index (κ1) is 17.8. The van der Waals surface area contributed by atoms with Crippen molar-refractivity contribution in [3.63, 3.8) is 0 Å². The number of rotatable bonds is 8. The zero-order valence-electron chi connectivity index (χ0n) is 13.4. The van der Waals surface area contributed by atoms with E-state index in [0.717, 1.165) is 29.5 Å². The van der Waals surface area contributed by atoms with E-state index in [0.29, 0.717) is 13.0 Å². The van der Waals surface area contributed by atoms with Crippen molar-refractivity contribution in [2.24, 2.45) is 0 Å². The lowest BCUT2D eigenvalue weighted by Gasteiger charge is -2.12. The maximum absolute atomic E-state index is 11.4. The number of carbonyl (C=O) groups excluding carboxylic acids is 1. The molecule has 0 radical (unpaired) electrons. The number of amides is 1. The number of benzene rings is 1. The summed E-state index contributed by atoms with van der Waals surface area (Å²) in [6, 6.07) is 5.35. The number of phenolic OH excluding ortho intramolecular Hbond substituents is 1. The normalized spacial score (nSPS) is 11.1. The summed E-state index contributed by atoms with van der Waals surface area (Å²) in [6.45, 7) is 8.32. The van der Waals surface area contributed by atoms with E-state index in [1.54, 1.807) is 12.1 Å². The highest BCUT2D eigenvalue weighted by Gasteiger charge is 2.08. The number of alkyl carbamates (subject to hydrolysis) is 1. The van der Waals surface area contributed by atoms with Gasteiger partial charge in [-0.2, -0.15) is 0 Å². The summed E-state index contributed by atoms with van der Waals surface area (Å²) in [5.41, 5.74) is 3.25. The summed E-state index contributed by atoms with van der Waals surface area (Å²) in [5, 5.41) is 12.4. The molecule has 0 unspecified atom stereocenters. The summed E-state index contributed by atoms with van der Waals surface area (Å²) < 4.78 is 4.88. The molecular formula is C18H25NO3. The Balaban J connectivity index is 2.71. The van der Waals surface area contributed by atoms with E-state index in [9.17, 15) is 9.90 Å². The molecule has 0 saturated carbocycles. The first-order valence-corrected chi connectivity index (χ1v) is 7.59. The Hall–Kier alpha value is -2.23. The molecule has 0 heterocycles. The molecule has 1 aromatic rings. The van der Waals surface area contributed by atoms with Crippen LogP contribution in [-0.4, -0.2) is 24.4 Å². The lowest BCUT2D eigenvalue weighted by atomic mass is 9.96. The van der Waals surface area contributed by atoms with Crippen LogP contribution in [0.1, 0.15) is 37.3 Å². The highest BCUT2D eigenvalue weighted by Crippen LogP contribution is 2.26. The van der Waals surface area contributed by atoms with Crippen molar-refractivity contribution in [2.75, 3.05) is 13.2 Å². The molecule has 0 aliphatic carbocycles. The average Bonchev–Trinajstić information content (AvgIpc) is 2.51. The number of unbranched alkanes of at least 4 members (excludes halogenated alkanes) is 1. The molecule has 0 aromatic heterocycles. The highest BCUT2D eigenvalue weighted by molar-refractivity contribution is 5.71. The van der Waals surface area contributed by atoms with Gasteiger partial charge in [0.1, 0.15) is 12.4 Å². The van der Waals surface area contributed by atoms with E-state index in [4.69, 9.17) is 4.74 Å². The number of ether oxygens (including phenoxy) is 1. The van der Waals surface area contributed by atoms with Crippen LogP contribution in [0.15, 0.2) is 36.9 Å². The van der Waals surface area contributed by atoms with Gasteiger partial charge in [-0.05, 0) is 48.6 Å². The van der Waals surface area contributed by atoms with Crippen LogP contribution in [0.4, 0.5) is 4.79 Å². The van der Waals surface area contributed by atoms with Gasteiger partial charge in [0, 0.05) is 6.54 Å². The van der Waals surface area contributed by atoms with Crippen molar-refractivity contribution in [2.45, 2.75) is 33.1 Å². The Labute approximate surface area is 132 Å². The van der Waals surface area contributed by atoms with Crippen LogP contribution < -0.4 is 5.32 Å². The van der Waals surface area contributed by atoms with Crippen molar-refractivity contribution in [1.82, 2.24) is 5.32 Å². The summed E-state index contributed by atoms with van der Waals surface area (Å²) in [5.74, 6) is 0.251. The number of aryl methyl sites for hydroxylation is 1. The van der Waals surface area contributed by atoms with Gasteiger partial charge >= 0.3 is 6.09 Å². The first-order chi connectivity index (χ1) is 10.6. The standard InChI is InChI=1S/C18H25NO3/c1-4-6-7-15(10-11-19-18(21)22-12-5-2)17-13-16(20)9-8-14(17)3/h5,7-9,13,20H,2,4,6,10-12H2,1,3H3,(H,19,21)/b15-7-. The smallest absolute Gasteiger partial charge is 0.407 e. The summed E-state index contributed by atoms with van der Waals surface area (Å²) in [4.78, 5) is 11.4. The van der Waals surface area contributed by atoms with Crippen molar-refractivity contribution >= 4 is 11.7 Å². The molecule has 120 valence electrons. The predicted octanol–water partition coefficient (Wildman–Crippen LogP) is 4.19. The lowest BCUT2D eigenvalue weighted by Crippen LogP contribution is -2.25. The maximum Gasteiger partial charge on any atom is 0.407 e. The second kappa shape index (κ2) is 9.66. The largest absolute Gasteiger partial charge is 0.508 e. The van der Waals surface area contributed by atoms with Gasteiger partial charge in [-0.1, -0.05) is 38.1 Å². The van der Waals surface area contributed by atoms with E-state index in [2.05, 4.69) is 24.9 Å². The third-order valence-electron chi connectivity index (χ3n) is 3.24. The van der Waals surface area contributed by atoms with E-state index >= 15 is 0 Å². The molecule has 0 aliphatic rings. The van der Waals surface area contributed by atoms with Gasteiger partial charge in [0.2, 0.25) is 0 Å². The monoisotopic (exact) mass is 303 g/mol. The van der Waals surface area contributed by atoms with Crippen LogP contribution in [0.2, 0.25) is 0 Å². The van der Waals surface area contributed by atoms with Gasteiger partial charge in [0.05, 0.1) is 0 Å². The molecule has 2 N–H and O–H groups in total. The number of hydrogen-bond acceptors (Lipinski definition) is 3. The quantitative estimate of drug-likeness (QED) is 0.708. The minimum Gasteiger partial charge on any atom is -0.508 e. The molecule has 0 fully saturated rings. The molecule has 22 heavy (non-hydrogen) atoms. The van der Waals surface area contributed by atoms with Gasteiger partial charge in [-0.25, -0.2) is 4.79 Å². The Morgan fingerprint density at radius 2 is 2.23 bits per heavy atom. The Morgan fingerprint density at radius 1 is 1.45 bits per heavy atom. The molecule has 1 aromatic carbocycles. The van der Waals surface area contributed by atoms with Gasteiger partial charge in [0.15, 0.2) is 0 Å². The van der Waals surface area contributed by atoms with Gasteiger partial charge < -0.3 is 15.2 Å². The maximum atomic E-state index is 11.4. The number of phenols is 1. The average molecular weight is 303 g/mol. The fraction of sp³-hybridized carbons (Fsp3) is 0.389.